The van der Waals surface area contributed by atoms with Gasteiger partial charge in [-0.05, 0) is 23.2 Å². The van der Waals surface area contributed by atoms with E-state index in [2.05, 4.69) is 56.6 Å². The quantitative estimate of drug-likeness (QED) is 0.329. The van der Waals surface area contributed by atoms with Gasteiger partial charge in [-0.2, -0.15) is 0 Å². The third-order valence-corrected chi connectivity index (χ3v) is 4.01. The van der Waals surface area contributed by atoms with E-state index in [9.17, 15) is 4.79 Å². The van der Waals surface area contributed by atoms with Crippen molar-refractivity contribution in [2.75, 3.05) is 0 Å². The molecule has 3 heterocycles. The van der Waals surface area contributed by atoms with Crippen LogP contribution in [0.5, 0.6) is 0 Å². The number of aromatic nitrogens is 4. The maximum atomic E-state index is 9.96. The molecule has 7 heteroatoms. The molecule has 27 heavy (non-hydrogen) atoms. The zero-order valence-corrected chi connectivity index (χ0v) is 16.2. The first-order chi connectivity index (χ1) is 12.7. The summed E-state index contributed by atoms with van der Waals surface area (Å²) in [5.41, 5.74) is 2.05. The van der Waals surface area contributed by atoms with Crippen molar-refractivity contribution in [1.82, 2.24) is 20.2 Å². The Labute approximate surface area is 168 Å². The van der Waals surface area contributed by atoms with Gasteiger partial charge in [-0.15, -0.1) is 0 Å². The number of nitrogens with zero attached hydrogens (tertiary/aromatic N) is 4. The third-order valence-electron chi connectivity index (χ3n) is 4.01. The minimum absolute atomic E-state index is 0. The van der Waals surface area contributed by atoms with Crippen molar-refractivity contribution in [1.29, 1.82) is 0 Å². The Morgan fingerprint density at radius 2 is 1.33 bits per heavy atom. The third kappa shape index (κ3) is 3.71. The second-order valence-electron chi connectivity index (χ2n) is 5.60. The Balaban J connectivity index is 0.000000200. The molecule has 0 aliphatic rings. The number of benzene rings is 2. The summed E-state index contributed by atoms with van der Waals surface area (Å²) in [5.74, 6) is -1.04. The van der Waals surface area contributed by atoms with Crippen molar-refractivity contribution in [2.24, 2.45) is 0 Å². The number of hydrogen-bond donors (Lipinski definition) is 1. The van der Waals surface area contributed by atoms with Gasteiger partial charge in [0.05, 0.1) is 11.0 Å². The van der Waals surface area contributed by atoms with Crippen LogP contribution in [-0.4, -0.2) is 26.1 Å². The predicted molar refractivity (Wildman–Crippen MR) is 99.1 cm³/mol. The standard InChI is InChI=1S/C16H10N2.C4H4N2O2.Pt/c1-3-12-7-5-11-6-8-13-4-2-10-18-16(13)14(11)15(12)17-9-1;7-4(8)3-1-2-5-6-3;/h1-10H;1-2H,(H2,5,6,7,8);/p-1. The largest absolute Gasteiger partial charge is 0.570 e. The first-order valence-corrected chi connectivity index (χ1v) is 7.93. The van der Waals surface area contributed by atoms with E-state index in [1.807, 2.05) is 24.5 Å². The van der Waals surface area contributed by atoms with E-state index in [-0.39, 0.29) is 26.8 Å². The van der Waals surface area contributed by atoms with Gasteiger partial charge in [0.25, 0.3) is 0 Å². The molecule has 0 amide bonds. The smallest absolute Gasteiger partial charge is 0.314 e. The summed E-state index contributed by atoms with van der Waals surface area (Å²) in [6.07, 6.45) is 5.01. The van der Waals surface area contributed by atoms with Crippen molar-refractivity contribution < 1.29 is 31.0 Å². The van der Waals surface area contributed by atoms with Crippen LogP contribution in [0.3, 0.4) is 0 Å². The monoisotopic (exact) mass is 536 g/mol. The summed E-state index contributed by atoms with van der Waals surface area (Å²) in [6, 6.07) is 17.9. The number of carboxylic acid groups (broad SMARTS) is 1. The van der Waals surface area contributed by atoms with E-state index in [0.717, 1.165) is 27.2 Å². The number of aromatic carboxylic acids is 1. The van der Waals surface area contributed by atoms with Gasteiger partial charge in [-0.3, -0.25) is 9.97 Å². The molecule has 0 saturated carbocycles. The molecule has 2 aromatic carbocycles. The summed E-state index contributed by atoms with van der Waals surface area (Å²) >= 11 is 0. The SMILES string of the molecule is O=C(O)c1ccn[n-]1.[Pt].c1cnc2c(c1)ccc1ccc3cccnc3c12. The zero-order valence-electron chi connectivity index (χ0n) is 13.9. The molecule has 1 N–H and O–H groups in total. The van der Waals surface area contributed by atoms with E-state index in [0.29, 0.717) is 0 Å². The summed E-state index contributed by atoms with van der Waals surface area (Å²) in [5, 5.41) is 19.4. The zero-order chi connectivity index (χ0) is 17.9. The Morgan fingerprint density at radius 3 is 1.78 bits per heavy atom. The van der Waals surface area contributed by atoms with Crippen LogP contribution >= 0.6 is 0 Å². The Hall–Kier alpha value is -3.11. The first kappa shape index (κ1) is 18.7. The number of rotatable bonds is 1. The van der Waals surface area contributed by atoms with Gasteiger partial charge in [0.1, 0.15) is 0 Å². The fourth-order valence-corrected chi connectivity index (χ4v) is 2.84. The average molecular weight is 536 g/mol. The molecule has 5 rings (SSSR count). The summed E-state index contributed by atoms with van der Waals surface area (Å²) in [4.78, 5) is 19.0. The number of pyridine rings is 2. The Bertz CT molecular complexity index is 1150. The van der Waals surface area contributed by atoms with Crippen molar-refractivity contribution >= 4 is 38.5 Å². The van der Waals surface area contributed by atoms with E-state index in [1.165, 1.54) is 17.6 Å². The molecule has 6 nitrogen and oxygen atoms in total. The van der Waals surface area contributed by atoms with Gasteiger partial charge >= 0.3 is 5.97 Å². The van der Waals surface area contributed by atoms with Crippen molar-refractivity contribution in [3.8, 4) is 0 Å². The predicted octanol–water partition coefficient (Wildman–Crippen LogP) is 3.67. The number of carbonyl (C=O) groups is 1. The fraction of sp³-hybridized carbons (Fsp3) is 0. The summed E-state index contributed by atoms with van der Waals surface area (Å²) < 4.78 is 0. The van der Waals surface area contributed by atoms with Crippen LogP contribution in [0, 0.1) is 0 Å². The van der Waals surface area contributed by atoms with Crippen LogP contribution in [0.2, 0.25) is 0 Å². The maximum absolute atomic E-state index is 9.96. The van der Waals surface area contributed by atoms with Gasteiger partial charge in [-0.1, -0.05) is 42.5 Å². The number of hydrogen-bond acceptors (Lipinski definition) is 4. The summed E-state index contributed by atoms with van der Waals surface area (Å²) in [6.45, 7) is 0. The minimum Gasteiger partial charge on any atom is -0.570 e. The minimum atomic E-state index is -1.04. The van der Waals surface area contributed by atoms with Crippen LogP contribution in [0.25, 0.3) is 32.6 Å². The molecule has 0 bridgehead atoms. The normalized spacial score (nSPS) is 10.2. The second kappa shape index (κ2) is 8.06. The first-order valence-electron chi connectivity index (χ1n) is 7.93. The topological polar surface area (TPSA) is 90.1 Å². The van der Waals surface area contributed by atoms with E-state index in [4.69, 9.17) is 5.11 Å². The molecule has 0 aliphatic carbocycles. The van der Waals surface area contributed by atoms with Crippen molar-refractivity contribution in [3.05, 3.63) is 78.9 Å². The van der Waals surface area contributed by atoms with Crippen LogP contribution < -0.4 is 5.10 Å². The molecule has 3 aromatic heterocycles. The Kier molecular flexibility index (Phi) is 5.57. The van der Waals surface area contributed by atoms with E-state index >= 15 is 0 Å². The number of carboxylic acids is 1. The van der Waals surface area contributed by atoms with Gasteiger partial charge < -0.3 is 15.3 Å². The molecule has 0 fully saturated rings. The van der Waals surface area contributed by atoms with Gasteiger partial charge in [0.2, 0.25) is 0 Å². The maximum Gasteiger partial charge on any atom is 0.314 e. The number of fused-ring (bicyclic) bond motifs is 5. The van der Waals surface area contributed by atoms with Crippen LogP contribution in [0.1, 0.15) is 10.5 Å². The van der Waals surface area contributed by atoms with Gasteiger partial charge in [0, 0.05) is 55.8 Å². The van der Waals surface area contributed by atoms with E-state index in [1.54, 1.807) is 0 Å². The molecule has 0 radical (unpaired) electrons. The molecule has 0 spiro atoms. The average Bonchev–Trinajstić information content (AvgIpc) is 3.23. The molecule has 5 aromatic rings. The van der Waals surface area contributed by atoms with Crippen molar-refractivity contribution in [2.45, 2.75) is 0 Å². The van der Waals surface area contributed by atoms with Crippen LogP contribution in [0.15, 0.2) is 73.2 Å². The molecule has 0 atom stereocenters. The van der Waals surface area contributed by atoms with Gasteiger partial charge in [0.15, 0.2) is 0 Å². The van der Waals surface area contributed by atoms with E-state index < -0.39 is 5.97 Å². The molecular formula is C20H13N4O2Pt-. The van der Waals surface area contributed by atoms with Crippen LogP contribution in [-0.2, 0) is 21.1 Å². The molecule has 136 valence electrons. The van der Waals surface area contributed by atoms with Gasteiger partial charge in [-0.25, -0.2) is 4.79 Å². The molecule has 0 aliphatic heterocycles. The molecular weight excluding hydrogens is 523 g/mol. The fourth-order valence-electron chi connectivity index (χ4n) is 2.84. The Morgan fingerprint density at radius 1 is 0.778 bits per heavy atom. The second-order valence-corrected chi connectivity index (χ2v) is 5.60. The molecule has 0 unspecified atom stereocenters. The summed E-state index contributed by atoms with van der Waals surface area (Å²) in [7, 11) is 0. The van der Waals surface area contributed by atoms with Crippen LogP contribution in [0.4, 0.5) is 0 Å². The molecule has 0 saturated heterocycles. The van der Waals surface area contributed by atoms with Crippen molar-refractivity contribution in [3.63, 3.8) is 0 Å².